The molecule has 0 saturated carbocycles. The molecule has 0 aliphatic rings. The first-order valence-electron chi connectivity index (χ1n) is 13.3. The van der Waals surface area contributed by atoms with E-state index in [1.165, 1.54) is 35.2 Å². The number of nitrogens with zero attached hydrogens (tertiary/aromatic N) is 2. The number of sulfonamides is 1. The van der Waals surface area contributed by atoms with Gasteiger partial charge >= 0.3 is 0 Å². The zero-order valence-corrected chi connectivity index (χ0v) is 26.5. The molecule has 1 N–H and O–H groups in total. The Morgan fingerprint density at radius 1 is 0.854 bits per heavy atom. The van der Waals surface area contributed by atoms with Gasteiger partial charge in [0.2, 0.25) is 11.8 Å². The van der Waals surface area contributed by atoms with Crippen molar-refractivity contribution in [3.8, 4) is 0 Å². The lowest BCUT2D eigenvalue weighted by atomic mass is 10.1. The highest BCUT2D eigenvalue weighted by molar-refractivity contribution is 7.92. The Morgan fingerprint density at radius 3 is 1.98 bits per heavy atom. The summed E-state index contributed by atoms with van der Waals surface area (Å²) in [6, 6.07) is 16.6. The van der Waals surface area contributed by atoms with Crippen LogP contribution in [0.2, 0.25) is 15.1 Å². The second-order valence-electron chi connectivity index (χ2n) is 9.84. The van der Waals surface area contributed by atoms with Gasteiger partial charge in [0.25, 0.3) is 10.0 Å². The quantitative estimate of drug-likeness (QED) is 0.235. The molecule has 11 heteroatoms. The summed E-state index contributed by atoms with van der Waals surface area (Å²) in [6.45, 7) is 6.96. The summed E-state index contributed by atoms with van der Waals surface area (Å²) < 4.78 is 28.9. The molecule has 0 aliphatic heterocycles. The van der Waals surface area contributed by atoms with Gasteiger partial charge < -0.3 is 10.2 Å². The van der Waals surface area contributed by atoms with Crippen LogP contribution in [0.3, 0.4) is 0 Å². The molecule has 0 radical (unpaired) electrons. The number of carbonyl (C=O) groups is 2. The van der Waals surface area contributed by atoms with Crippen LogP contribution in [0.15, 0.2) is 71.6 Å². The molecule has 3 aromatic rings. The zero-order valence-electron chi connectivity index (χ0n) is 23.4. The monoisotopic (exact) mass is 637 g/mol. The van der Waals surface area contributed by atoms with Crippen LogP contribution < -0.4 is 9.62 Å². The highest BCUT2D eigenvalue weighted by Crippen LogP contribution is 2.30. The van der Waals surface area contributed by atoms with Crippen LogP contribution in [0.25, 0.3) is 0 Å². The van der Waals surface area contributed by atoms with Crippen molar-refractivity contribution >= 4 is 62.3 Å². The predicted molar refractivity (Wildman–Crippen MR) is 166 cm³/mol. The van der Waals surface area contributed by atoms with Crippen molar-refractivity contribution in [1.29, 1.82) is 0 Å². The van der Waals surface area contributed by atoms with Gasteiger partial charge in [-0.15, -0.1) is 0 Å². The van der Waals surface area contributed by atoms with Crippen molar-refractivity contribution in [3.05, 3.63) is 92.9 Å². The Kier molecular flexibility index (Phi) is 11.5. The van der Waals surface area contributed by atoms with Gasteiger partial charge in [-0.25, -0.2) is 8.42 Å². The standard InChI is InChI=1S/C30H34Cl3N3O4S/c1-5-21(4)34-30(38)28(6-2)35(18-22-9-11-23(31)12-10-22)29(37)19-36(26-16-24(32)15-25(33)17-26)41(39,40)27-13-7-20(3)8-14-27/h7-17,21,28H,5-6,18-19H2,1-4H3,(H,34,38)/t21-,28+/m0/s1. The maximum Gasteiger partial charge on any atom is 0.264 e. The lowest BCUT2D eigenvalue weighted by Crippen LogP contribution is -2.53. The first-order chi connectivity index (χ1) is 19.3. The minimum Gasteiger partial charge on any atom is -0.352 e. The third-order valence-corrected chi connectivity index (χ3v) is 9.15. The number of hydrogen-bond donors (Lipinski definition) is 1. The fourth-order valence-electron chi connectivity index (χ4n) is 4.20. The number of nitrogens with one attached hydrogen (secondary N) is 1. The van der Waals surface area contributed by atoms with Crippen LogP contribution in [-0.4, -0.2) is 43.8 Å². The van der Waals surface area contributed by atoms with Crippen molar-refractivity contribution in [1.82, 2.24) is 10.2 Å². The zero-order chi connectivity index (χ0) is 30.3. The summed E-state index contributed by atoms with van der Waals surface area (Å²) in [6.07, 6.45) is 1.03. The maximum atomic E-state index is 14.1. The number of aryl methyl sites for hydroxylation is 1. The summed E-state index contributed by atoms with van der Waals surface area (Å²) in [7, 11) is -4.24. The molecular weight excluding hydrogens is 605 g/mol. The number of amides is 2. The molecule has 0 unspecified atom stereocenters. The number of hydrogen-bond acceptors (Lipinski definition) is 4. The summed E-state index contributed by atoms with van der Waals surface area (Å²) in [5, 5.41) is 3.90. The number of benzene rings is 3. The van der Waals surface area contributed by atoms with Crippen LogP contribution in [0.4, 0.5) is 5.69 Å². The van der Waals surface area contributed by atoms with Gasteiger partial charge in [0.15, 0.2) is 0 Å². The average molecular weight is 639 g/mol. The van der Waals surface area contributed by atoms with Crippen molar-refractivity contribution < 1.29 is 18.0 Å². The van der Waals surface area contributed by atoms with Crippen molar-refractivity contribution in [2.45, 2.75) is 64.1 Å². The molecule has 3 rings (SSSR count). The minimum atomic E-state index is -4.24. The molecular formula is C30H34Cl3N3O4S. The Labute approximate surface area is 257 Å². The lowest BCUT2D eigenvalue weighted by Gasteiger charge is -2.33. The highest BCUT2D eigenvalue weighted by Gasteiger charge is 2.34. The molecule has 7 nitrogen and oxygen atoms in total. The summed E-state index contributed by atoms with van der Waals surface area (Å²) in [4.78, 5) is 28.8. The van der Waals surface area contributed by atoms with E-state index in [-0.39, 0.29) is 39.1 Å². The Balaban J connectivity index is 2.09. The molecule has 220 valence electrons. The first kappa shape index (κ1) is 32.7. The van der Waals surface area contributed by atoms with Crippen LogP contribution in [0, 0.1) is 6.92 Å². The van der Waals surface area contributed by atoms with Gasteiger partial charge in [-0.3, -0.25) is 13.9 Å². The SMILES string of the molecule is CC[C@H](C(=O)N[C@@H](C)CC)N(Cc1ccc(Cl)cc1)C(=O)CN(c1cc(Cl)cc(Cl)c1)S(=O)(=O)c1ccc(C)cc1. The van der Waals surface area contributed by atoms with Gasteiger partial charge in [0.05, 0.1) is 10.6 Å². The summed E-state index contributed by atoms with van der Waals surface area (Å²) >= 11 is 18.5. The summed E-state index contributed by atoms with van der Waals surface area (Å²) in [5.41, 5.74) is 1.74. The van der Waals surface area contributed by atoms with Gasteiger partial charge in [-0.1, -0.05) is 78.5 Å². The van der Waals surface area contributed by atoms with E-state index in [0.29, 0.717) is 17.9 Å². The molecule has 0 aromatic heterocycles. The Bertz CT molecular complexity index is 1450. The normalized spacial score (nSPS) is 12.9. The van der Waals surface area contributed by atoms with Crippen molar-refractivity contribution in [2.24, 2.45) is 0 Å². The van der Waals surface area contributed by atoms with E-state index in [1.54, 1.807) is 43.3 Å². The highest BCUT2D eigenvalue weighted by atomic mass is 35.5. The topological polar surface area (TPSA) is 86.8 Å². The molecule has 0 spiro atoms. The van der Waals surface area contributed by atoms with Crippen molar-refractivity contribution in [2.75, 3.05) is 10.8 Å². The molecule has 0 bridgehead atoms. The van der Waals surface area contributed by atoms with E-state index < -0.39 is 28.5 Å². The molecule has 0 fully saturated rings. The third kappa shape index (κ3) is 8.61. The molecule has 2 atom stereocenters. The molecule has 0 saturated heterocycles. The molecule has 0 heterocycles. The maximum absolute atomic E-state index is 14.1. The van der Waals surface area contributed by atoms with E-state index in [0.717, 1.165) is 15.4 Å². The van der Waals surface area contributed by atoms with Gasteiger partial charge in [0.1, 0.15) is 12.6 Å². The Hall–Kier alpha value is -2.78. The third-order valence-electron chi connectivity index (χ3n) is 6.68. The first-order valence-corrected chi connectivity index (χ1v) is 15.8. The molecule has 3 aromatic carbocycles. The Morgan fingerprint density at radius 2 is 1.44 bits per heavy atom. The van der Waals surface area contributed by atoms with Crippen LogP contribution in [0.1, 0.15) is 44.7 Å². The number of anilines is 1. The average Bonchev–Trinajstić information content (AvgIpc) is 2.92. The number of rotatable bonds is 12. The molecule has 2 amide bonds. The van der Waals surface area contributed by atoms with Crippen LogP contribution in [-0.2, 0) is 26.2 Å². The van der Waals surface area contributed by atoms with E-state index in [1.807, 2.05) is 20.8 Å². The molecule has 0 aliphatic carbocycles. The predicted octanol–water partition coefficient (Wildman–Crippen LogP) is 6.87. The number of halogens is 3. The smallest absolute Gasteiger partial charge is 0.264 e. The van der Waals surface area contributed by atoms with E-state index in [4.69, 9.17) is 34.8 Å². The van der Waals surface area contributed by atoms with Gasteiger partial charge in [-0.05, 0) is 74.7 Å². The van der Waals surface area contributed by atoms with E-state index in [9.17, 15) is 18.0 Å². The summed E-state index contributed by atoms with van der Waals surface area (Å²) in [5.74, 6) is -0.888. The fraction of sp³-hybridized carbons (Fsp3) is 0.333. The van der Waals surface area contributed by atoms with E-state index in [2.05, 4.69) is 5.32 Å². The fourth-order valence-corrected chi connectivity index (χ4v) is 6.23. The van der Waals surface area contributed by atoms with Crippen LogP contribution >= 0.6 is 34.8 Å². The van der Waals surface area contributed by atoms with Gasteiger partial charge in [0, 0.05) is 27.7 Å². The second kappa shape index (κ2) is 14.4. The number of carbonyl (C=O) groups excluding carboxylic acids is 2. The second-order valence-corrected chi connectivity index (χ2v) is 13.0. The van der Waals surface area contributed by atoms with Crippen molar-refractivity contribution in [3.63, 3.8) is 0 Å². The lowest BCUT2D eigenvalue weighted by molar-refractivity contribution is -0.140. The molecule has 41 heavy (non-hydrogen) atoms. The van der Waals surface area contributed by atoms with Gasteiger partial charge in [-0.2, -0.15) is 0 Å². The largest absolute Gasteiger partial charge is 0.352 e. The van der Waals surface area contributed by atoms with E-state index >= 15 is 0 Å². The van der Waals surface area contributed by atoms with Crippen LogP contribution in [0.5, 0.6) is 0 Å². The minimum absolute atomic E-state index is 0.00203.